The fraction of sp³-hybridized carbons (Fsp3) is 0.696. The van der Waals surface area contributed by atoms with E-state index in [-0.39, 0.29) is 23.7 Å². The fourth-order valence-corrected chi connectivity index (χ4v) is 4.82. The number of unbranched alkanes of at least 4 members (excludes halogenated alkanes) is 2. The molecule has 1 aromatic carbocycles. The van der Waals surface area contributed by atoms with Crippen LogP contribution in [0, 0.1) is 0 Å². The van der Waals surface area contributed by atoms with E-state index in [4.69, 9.17) is 4.74 Å². The average Bonchev–Trinajstić information content (AvgIpc) is 2.60. The van der Waals surface area contributed by atoms with Gasteiger partial charge in [-0.2, -0.15) is 0 Å². The molecule has 164 valence electrons. The molecule has 1 saturated heterocycles. The van der Waals surface area contributed by atoms with Crippen molar-refractivity contribution >= 4 is 21.3 Å². The number of sulfone groups is 1. The van der Waals surface area contributed by atoms with E-state index in [0.29, 0.717) is 19.3 Å². The van der Waals surface area contributed by atoms with E-state index >= 15 is 0 Å². The Hall–Kier alpha value is -1.40. The summed E-state index contributed by atoms with van der Waals surface area (Å²) in [5, 5.41) is 0. The van der Waals surface area contributed by atoms with Crippen LogP contribution in [0.15, 0.2) is 24.3 Å². The molecule has 5 nitrogen and oxygen atoms in total. The number of Topliss-reactive ketones (excluding diaryl/α,β-unsaturated/α-hetero) is 1. The lowest BCUT2D eigenvalue weighted by Crippen LogP contribution is -2.45. The van der Waals surface area contributed by atoms with Gasteiger partial charge in [0, 0.05) is 31.6 Å². The highest BCUT2D eigenvalue weighted by atomic mass is 32.2. The molecule has 0 saturated carbocycles. The summed E-state index contributed by atoms with van der Waals surface area (Å²) in [6, 6.07) is 8.25. The SMILES string of the molecule is C[C@@H]1CN(c2ccc(CC(=O)CCCCCS(=O)(=O)C(C)(C)C)cc2)C[C@H](C)O1. The third-order valence-corrected chi connectivity index (χ3v) is 8.12. The minimum Gasteiger partial charge on any atom is -0.372 e. The van der Waals surface area contributed by atoms with Crippen molar-refractivity contribution in [1.29, 1.82) is 0 Å². The number of benzene rings is 1. The van der Waals surface area contributed by atoms with Crippen molar-refractivity contribution < 1.29 is 17.9 Å². The number of anilines is 1. The van der Waals surface area contributed by atoms with Crippen molar-refractivity contribution in [3.63, 3.8) is 0 Å². The molecule has 0 bridgehead atoms. The molecular weight excluding hydrogens is 386 g/mol. The molecule has 0 amide bonds. The molecule has 1 aliphatic heterocycles. The summed E-state index contributed by atoms with van der Waals surface area (Å²) in [7, 11) is -3.06. The number of nitrogens with zero attached hydrogens (tertiary/aromatic N) is 1. The highest BCUT2D eigenvalue weighted by Crippen LogP contribution is 2.21. The molecule has 2 atom stereocenters. The second-order valence-electron chi connectivity index (χ2n) is 9.29. The largest absolute Gasteiger partial charge is 0.372 e. The van der Waals surface area contributed by atoms with Crippen LogP contribution in [0.1, 0.15) is 65.9 Å². The Morgan fingerprint density at radius 2 is 1.62 bits per heavy atom. The van der Waals surface area contributed by atoms with Gasteiger partial charge < -0.3 is 9.64 Å². The van der Waals surface area contributed by atoms with E-state index in [0.717, 1.165) is 31.5 Å². The lowest BCUT2D eigenvalue weighted by molar-refractivity contribution is -0.118. The third kappa shape index (κ3) is 7.41. The zero-order valence-electron chi connectivity index (χ0n) is 18.6. The lowest BCUT2D eigenvalue weighted by atomic mass is 10.0. The van der Waals surface area contributed by atoms with Crippen LogP contribution in [0.4, 0.5) is 5.69 Å². The topological polar surface area (TPSA) is 63.7 Å². The van der Waals surface area contributed by atoms with Gasteiger partial charge in [0.05, 0.1) is 22.7 Å². The summed E-state index contributed by atoms with van der Waals surface area (Å²) in [6.07, 6.45) is 3.54. The van der Waals surface area contributed by atoms with Gasteiger partial charge in [0.25, 0.3) is 0 Å². The maximum atomic E-state index is 12.3. The molecule has 0 aromatic heterocycles. The van der Waals surface area contributed by atoms with Gasteiger partial charge in [-0.05, 0) is 65.2 Å². The highest BCUT2D eigenvalue weighted by molar-refractivity contribution is 7.92. The first-order valence-electron chi connectivity index (χ1n) is 10.7. The summed E-state index contributed by atoms with van der Waals surface area (Å²) >= 11 is 0. The van der Waals surface area contributed by atoms with Crippen molar-refractivity contribution in [2.24, 2.45) is 0 Å². The quantitative estimate of drug-likeness (QED) is 0.558. The predicted octanol–water partition coefficient (Wildman–Crippen LogP) is 4.19. The molecule has 1 fully saturated rings. The molecule has 29 heavy (non-hydrogen) atoms. The lowest BCUT2D eigenvalue weighted by Gasteiger charge is -2.36. The third-order valence-electron chi connectivity index (χ3n) is 5.42. The van der Waals surface area contributed by atoms with E-state index < -0.39 is 14.6 Å². The number of hydrogen-bond acceptors (Lipinski definition) is 5. The van der Waals surface area contributed by atoms with Crippen LogP contribution in [0.3, 0.4) is 0 Å². The second kappa shape index (κ2) is 10.1. The molecule has 2 rings (SSSR count). The maximum Gasteiger partial charge on any atom is 0.155 e. The molecule has 6 heteroatoms. The Kier molecular flexibility index (Phi) is 8.29. The molecule has 0 aliphatic carbocycles. The molecule has 0 radical (unpaired) electrons. The van der Waals surface area contributed by atoms with Gasteiger partial charge >= 0.3 is 0 Å². The van der Waals surface area contributed by atoms with Gasteiger partial charge in [-0.1, -0.05) is 18.6 Å². The Morgan fingerprint density at radius 1 is 1.03 bits per heavy atom. The number of carbonyl (C=O) groups is 1. The van der Waals surface area contributed by atoms with Crippen LogP contribution in [0.2, 0.25) is 0 Å². The summed E-state index contributed by atoms with van der Waals surface area (Å²) in [6.45, 7) is 11.1. The normalized spacial score (nSPS) is 20.7. The average molecular weight is 424 g/mol. The Morgan fingerprint density at radius 3 is 2.17 bits per heavy atom. The predicted molar refractivity (Wildman–Crippen MR) is 119 cm³/mol. The van der Waals surface area contributed by atoms with Crippen LogP contribution in [-0.4, -0.2) is 50.0 Å². The minimum absolute atomic E-state index is 0.199. The number of carbonyl (C=O) groups excluding carboxylic acids is 1. The van der Waals surface area contributed by atoms with Gasteiger partial charge in [-0.15, -0.1) is 0 Å². The molecular formula is C23H37NO4S. The minimum atomic E-state index is -3.06. The number of rotatable bonds is 9. The Bertz CT molecular complexity index is 755. The van der Waals surface area contributed by atoms with Crippen molar-refractivity contribution in [1.82, 2.24) is 0 Å². The Labute approximate surface area is 176 Å². The highest BCUT2D eigenvalue weighted by Gasteiger charge is 2.28. The van der Waals surface area contributed by atoms with Crippen molar-refractivity contribution in [3.05, 3.63) is 29.8 Å². The maximum absolute atomic E-state index is 12.3. The number of ketones is 1. The number of hydrogen-bond donors (Lipinski definition) is 0. The van der Waals surface area contributed by atoms with Crippen LogP contribution >= 0.6 is 0 Å². The van der Waals surface area contributed by atoms with Gasteiger partial charge in [0.1, 0.15) is 5.78 Å². The van der Waals surface area contributed by atoms with Crippen LogP contribution < -0.4 is 4.90 Å². The van der Waals surface area contributed by atoms with E-state index in [9.17, 15) is 13.2 Å². The summed E-state index contributed by atoms with van der Waals surface area (Å²) < 4.78 is 29.3. The van der Waals surface area contributed by atoms with Crippen LogP contribution in [0.25, 0.3) is 0 Å². The molecule has 0 unspecified atom stereocenters. The fourth-order valence-electron chi connectivity index (χ4n) is 3.63. The van der Waals surface area contributed by atoms with Gasteiger partial charge in [-0.25, -0.2) is 8.42 Å². The van der Waals surface area contributed by atoms with E-state index in [2.05, 4.69) is 30.9 Å². The summed E-state index contributed by atoms with van der Waals surface area (Å²) in [5.41, 5.74) is 2.20. The van der Waals surface area contributed by atoms with E-state index in [1.807, 2.05) is 12.1 Å². The summed E-state index contributed by atoms with van der Waals surface area (Å²) in [4.78, 5) is 14.6. The molecule has 1 aliphatic rings. The Balaban J connectivity index is 1.73. The zero-order chi connectivity index (χ0) is 21.7. The first kappa shape index (κ1) is 23.9. The molecule has 1 heterocycles. The number of ether oxygens (including phenoxy) is 1. The second-order valence-corrected chi connectivity index (χ2v) is 12.1. The number of morpholine rings is 1. The standard InChI is InChI=1S/C23H37NO4S/c1-18-16-24(17-19(2)28-18)21-12-10-20(11-13-21)15-22(25)9-7-6-8-14-29(26,27)23(3,4)5/h10-13,18-19H,6-9,14-17H2,1-5H3/t18-,19+. The van der Waals surface area contributed by atoms with Gasteiger partial charge in [0.2, 0.25) is 0 Å². The first-order chi connectivity index (χ1) is 13.5. The monoisotopic (exact) mass is 423 g/mol. The molecule has 0 spiro atoms. The molecule has 1 aromatic rings. The molecule has 0 N–H and O–H groups in total. The smallest absolute Gasteiger partial charge is 0.155 e. The first-order valence-corrected chi connectivity index (χ1v) is 12.4. The van der Waals surface area contributed by atoms with Gasteiger partial charge in [-0.3, -0.25) is 4.79 Å². The van der Waals surface area contributed by atoms with E-state index in [1.165, 1.54) is 5.69 Å². The zero-order valence-corrected chi connectivity index (χ0v) is 19.4. The van der Waals surface area contributed by atoms with Crippen molar-refractivity contribution in [2.75, 3.05) is 23.7 Å². The van der Waals surface area contributed by atoms with Crippen molar-refractivity contribution in [2.45, 2.75) is 83.7 Å². The van der Waals surface area contributed by atoms with Crippen molar-refractivity contribution in [3.8, 4) is 0 Å². The summed E-state index contributed by atoms with van der Waals surface area (Å²) in [5.74, 6) is 0.412. The van der Waals surface area contributed by atoms with Crippen LogP contribution in [0.5, 0.6) is 0 Å². The van der Waals surface area contributed by atoms with Gasteiger partial charge in [0.15, 0.2) is 9.84 Å². The van der Waals surface area contributed by atoms with E-state index in [1.54, 1.807) is 20.8 Å². The van der Waals surface area contributed by atoms with Crippen LogP contribution in [-0.2, 0) is 25.8 Å².